The van der Waals surface area contributed by atoms with Crippen LogP contribution in [0.3, 0.4) is 0 Å². The number of nitrogens with one attached hydrogen (secondary N) is 1. The van der Waals surface area contributed by atoms with E-state index >= 15 is 0 Å². The monoisotopic (exact) mass is 874 g/mol. The number of carbonyl (C=O) groups is 2. The molecule has 0 aromatic rings. The van der Waals surface area contributed by atoms with Crippen molar-refractivity contribution in [3.63, 3.8) is 0 Å². The molecule has 0 fully saturated rings. The van der Waals surface area contributed by atoms with E-state index in [0.29, 0.717) is 19.3 Å². The van der Waals surface area contributed by atoms with Crippen LogP contribution in [0.25, 0.3) is 0 Å². The van der Waals surface area contributed by atoms with Crippen LogP contribution < -0.4 is 5.32 Å². The molecule has 3 N–H and O–H groups in total. The molecule has 0 bridgehead atoms. The van der Waals surface area contributed by atoms with Crippen LogP contribution in [0.2, 0.25) is 0 Å². The number of carbonyl (C=O) groups excluding carboxylic acids is 2. The number of hydrogen-bond donors (Lipinski definition) is 3. The molecule has 0 saturated heterocycles. The van der Waals surface area contributed by atoms with Gasteiger partial charge in [-0.15, -0.1) is 0 Å². The lowest BCUT2D eigenvalue weighted by atomic mass is 10.0. The van der Waals surface area contributed by atoms with Gasteiger partial charge in [0, 0.05) is 12.8 Å². The maximum atomic E-state index is 13.2. The second-order valence-corrected chi connectivity index (χ2v) is 16.8. The van der Waals surface area contributed by atoms with Crippen LogP contribution in [0.15, 0.2) is 109 Å². The van der Waals surface area contributed by atoms with Gasteiger partial charge in [-0.05, 0) is 89.9 Å². The molecule has 358 valence electrons. The lowest BCUT2D eigenvalue weighted by Crippen LogP contribution is -2.46. The molecule has 0 aromatic heterocycles. The van der Waals surface area contributed by atoms with Gasteiger partial charge in [-0.3, -0.25) is 9.59 Å². The van der Waals surface area contributed by atoms with Gasteiger partial charge in [0.2, 0.25) is 5.91 Å². The third-order valence-corrected chi connectivity index (χ3v) is 10.8. The van der Waals surface area contributed by atoms with Gasteiger partial charge in [0.25, 0.3) is 0 Å². The van der Waals surface area contributed by atoms with Crippen molar-refractivity contribution in [2.45, 2.75) is 232 Å². The Kier molecular flexibility index (Phi) is 46.8. The first-order valence-corrected chi connectivity index (χ1v) is 25.6. The van der Waals surface area contributed by atoms with E-state index in [4.69, 9.17) is 4.74 Å². The molecule has 0 saturated carbocycles. The summed E-state index contributed by atoms with van der Waals surface area (Å²) >= 11 is 0. The molecule has 0 radical (unpaired) electrons. The summed E-state index contributed by atoms with van der Waals surface area (Å²) < 4.78 is 5.85. The summed E-state index contributed by atoms with van der Waals surface area (Å²) in [6.07, 6.45) is 67.3. The number of unbranched alkanes of at least 4 members (excludes halogenated alkanes) is 15. The third kappa shape index (κ3) is 44.9. The highest BCUT2D eigenvalue weighted by atomic mass is 16.5. The normalized spacial score (nSPS) is 14.2. The molecule has 3 unspecified atom stereocenters. The van der Waals surface area contributed by atoms with Gasteiger partial charge >= 0.3 is 5.97 Å². The zero-order valence-corrected chi connectivity index (χ0v) is 40.7. The van der Waals surface area contributed by atoms with Crippen molar-refractivity contribution in [1.82, 2.24) is 5.32 Å². The molecule has 3 atom stereocenters. The maximum absolute atomic E-state index is 13.2. The van der Waals surface area contributed by atoms with Gasteiger partial charge in [0.15, 0.2) is 0 Å². The van der Waals surface area contributed by atoms with Gasteiger partial charge in [-0.25, -0.2) is 0 Å². The van der Waals surface area contributed by atoms with Crippen LogP contribution in [0.4, 0.5) is 0 Å². The molecule has 1 amide bonds. The molecule has 6 heteroatoms. The molecule has 0 rings (SSSR count). The van der Waals surface area contributed by atoms with Crippen molar-refractivity contribution >= 4 is 11.9 Å². The Morgan fingerprint density at radius 1 is 0.492 bits per heavy atom. The number of esters is 1. The number of hydrogen-bond acceptors (Lipinski definition) is 5. The van der Waals surface area contributed by atoms with E-state index in [1.54, 1.807) is 0 Å². The van der Waals surface area contributed by atoms with E-state index < -0.39 is 18.2 Å². The highest BCUT2D eigenvalue weighted by Crippen LogP contribution is 2.15. The number of rotatable bonds is 44. The number of aliphatic hydroxyl groups excluding tert-OH is 2. The summed E-state index contributed by atoms with van der Waals surface area (Å²) in [5.74, 6) is -0.627. The summed E-state index contributed by atoms with van der Waals surface area (Å²) in [6, 6.07) is -0.745. The number of amides is 1. The molecule has 6 nitrogen and oxygen atoms in total. The summed E-state index contributed by atoms with van der Waals surface area (Å²) in [4.78, 5) is 26.1. The Labute approximate surface area is 388 Å². The third-order valence-electron chi connectivity index (χ3n) is 10.8. The van der Waals surface area contributed by atoms with Gasteiger partial charge < -0.3 is 20.3 Å². The van der Waals surface area contributed by atoms with Crippen molar-refractivity contribution in [2.24, 2.45) is 0 Å². The van der Waals surface area contributed by atoms with Crippen LogP contribution >= 0.6 is 0 Å². The van der Waals surface area contributed by atoms with Crippen molar-refractivity contribution in [2.75, 3.05) is 6.61 Å². The molecule has 63 heavy (non-hydrogen) atoms. The van der Waals surface area contributed by atoms with Crippen molar-refractivity contribution in [3.05, 3.63) is 109 Å². The highest BCUT2D eigenvalue weighted by molar-refractivity contribution is 5.77. The number of ether oxygens (including phenoxy) is 1. The van der Waals surface area contributed by atoms with Crippen molar-refractivity contribution < 1.29 is 24.5 Å². The second-order valence-electron chi connectivity index (χ2n) is 16.8. The molecular weight excluding hydrogens is 779 g/mol. The van der Waals surface area contributed by atoms with Gasteiger partial charge in [-0.2, -0.15) is 0 Å². The number of allylic oxidation sites excluding steroid dienone is 17. The first kappa shape index (κ1) is 59.5. The fraction of sp³-hybridized carbons (Fsp3) is 0.649. The Morgan fingerprint density at radius 3 is 1.37 bits per heavy atom. The zero-order valence-electron chi connectivity index (χ0n) is 40.7. The fourth-order valence-electron chi connectivity index (χ4n) is 6.96. The molecule has 0 aromatic carbocycles. The van der Waals surface area contributed by atoms with Crippen molar-refractivity contribution in [3.8, 4) is 0 Å². The quantitative estimate of drug-likeness (QED) is 0.0322. The molecule has 0 aliphatic carbocycles. The molecule has 0 aliphatic rings. The standard InChI is InChI=1S/C57H95NO5/c1-4-7-10-13-16-19-22-24-26-27-28-29-31-33-35-38-41-44-47-50-57(62)63-53(48-45-42-39-36-34-32-30-25-23-20-17-14-11-8-5-2)51-56(61)58-54(52-59)55(60)49-46-43-40-37-21-18-15-12-9-6-3/h8,11,16-17,19-20,24-26,28-30,33-36,42,45,53-55,59-60H,4-7,9-10,12-15,18,21-23,27,31-32,37-41,43-44,46-52H2,1-3H3,(H,58,61)/b11-8-,19-16-,20-17-,26-24-,29-28-,30-25-,35-33-,36-34-,45-42-. The Bertz CT molecular complexity index is 1300. The fourth-order valence-corrected chi connectivity index (χ4v) is 6.96. The van der Waals surface area contributed by atoms with Crippen LogP contribution in [0, 0.1) is 0 Å². The average molecular weight is 874 g/mol. The topological polar surface area (TPSA) is 95.9 Å². The lowest BCUT2D eigenvalue weighted by Gasteiger charge is -2.24. The lowest BCUT2D eigenvalue weighted by molar-refractivity contribution is -0.150. The Balaban J connectivity index is 4.79. The largest absolute Gasteiger partial charge is 0.461 e. The first-order valence-electron chi connectivity index (χ1n) is 25.6. The molecule has 0 aliphatic heterocycles. The van der Waals surface area contributed by atoms with Crippen LogP contribution in [-0.2, 0) is 14.3 Å². The summed E-state index contributed by atoms with van der Waals surface area (Å²) in [7, 11) is 0. The van der Waals surface area contributed by atoms with Crippen LogP contribution in [0.1, 0.15) is 213 Å². The number of aliphatic hydroxyl groups is 2. The van der Waals surface area contributed by atoms with Crippen molar-refractivity contribution in [1.29, 1.82) is 0 Å². The Morgan fingerprint density at radius 2 is 0.889 bits per heavy atom. The van der Waals surface area contributed by atoms with E-state index in [2.05, 4.69) is 123 Å². The van der Waals surface area contributed by atoms with Gasteiger partial charge in [0.05, 0.1) is 25.2 Å². The van der Waals surface area contributed by atoms with E-state index in [1.165, 1.54) is 70.6 Å². The van der Waals surface area contributed by atoms with Gasteiger partial charge in [0.1, 0.15) is 6.10 Å². The van der Waals surface area contributed by atoms with E-state index in [9.17, 15) is 19.8 Å². The van der Waals surface area contributed by atoms with Gasteiger partial charge in [-0.1, -0.05) is 214 Å². The maximum Gasteiger partial charge on any atom is 0.306 e. The Hall–Kier alpha value is -3.48. The molecular formula is C57H95NO5. The van der Waals surface area contributed by atoms with E-state index in [1.807, 2.05) is 12.2 Å². The SMILES string of the molecule is CC/C=C\C/C=C\C/C=C\C/C=C\C/C=C\CC(CC(=O)NC(CO)C(O)CCCCCCCCCCCC)OC(=O)CCCCC/C=C\C/C=C\C/C=C\C/C=C\CCCCC. The average Bonchev–Trinajstić information content (AvgIpc) is 3.28. The smallest absolute Gasteiger partial charge is 0.306 e. The minimum Gasteiger partial charge on any atom is -0.461 e. The molecule has 0 heterocycles. The first-order chi connectivity index (χ1) is 31.0. The minimum absolute atomic E-state index is 0.0202. The van der Waals surface area contributed by atoms with E-state index in [0.717, 1.165) is 96.3 Å². The second kappa shape index (κ2) is 49.5. The zero-order chi connectivity index (χ0) is 45.9. The van der Waals surface area contributed by atoms with Crippen LogP contribution in [-0.4, -0.2) is 46.9 Å². The summed E-state index contributed by atoms with van der Waals surface area (Å²) in [6.45, 7) is 6.28. The highest BCUT2D eigenvalue weighted by Gasteiger charge is 2.23. The van der Waals surface area contributed by atoms with Crippen LogP contribution in [0.5, 0.6) is 0 Å². The summed E-state index contributed by atoms with van der Waals surface area (Å²) in [5, 5.41) is 23.6. The predicted molar refractivity (Wildman–Crippen MR) is 273 cm³/mol. The molecule has 0 spiro atoms. The predicted octanol–water partition coefficient (Wildman–Crippen LogP) is 15.5. The minimum atomic E-state index is -0.823. The van der Waals surface area contributed by atoms with E-state index in [-0.39, 0.29) is 24.9 Å². The summed E-state index contributed by atoms with van der Waals surface area (Å²) in [5.41, 5.74) is 0.